The highest BCUT2D eigenvalue weighted by Crippen LogP contribution is 2.46. The molecule has 2 aromatic carbocycles. The van der Waals surface area contributed by atoms with E-state index in [0.717, 1.165) is 16.9 Å². The molecular weight excluding hydrogens is 256 g/mol. The van der Waals surface area contributed by atoms with Crippen LogP contribution in [0.1, 0.15) is 0 Å². The van der Waals surface area contributed by atoms with Gasteiger partial charge in [0, 0.05) is 11.1 Å². The second-order valence-electron chi connectivity index (χ2n) is 4.08. The van der Waals surface area contributed by atoms with Crippen LogP contribution in [0.3, 0.4) is 0 Å². The number of methoxy groups -OCH3 is 4. The lowest BCUT2D eigenvalue weighted by atomic mass is 10.0. The van der Waals surface area contributed by atoms with Gasteiger partial charge in [-0.05, 0) is 18.2 Å². The molecule has 2 aromatic rings. The van der Waals surface area contributed by atoms with Gasteiger partial charge in [0.25, 0.3) is 0 Å². The minimum Gasteiger partial charge on any atom is -0.496 e. The zero-order chi connectivity index (χ0) is 14.5. The second-order valence-corrected chi connectivity index (χ2v) is 4.08. The van der Waals surface area contributed by atoms with Gasteiger partial charge in [0.15, 0.2) is 11.5 Å². The zero-order valence-electron chi connectivity index (χ0n) is 12.1. The molecule has 0 aliphatic carbocycles. The van der Waals surface area contributed by atoms with Gasteiger partial charge >= 0.3 is 0 Å². The van der Waals surface area contributed by atoms with Crippen LogP contribution in [-0.4, -0.2) is 28.4 Å². The van der Waals surface area contributed by atoms with Crippen molar-refractivity contribution in [3.05, 3.63) is 36.4 Å². The molecule has 0 aliphatic rings. The Kier molecular flexibility index (Phi) is 4.35. The van der Waals surface area contributed by atoms with Gasteiger partial charge in [0.1, 0.15) is 5.75 Å². The maximum atomic E-state index is 5.50. The molecule has 0 atom stereocenters. The number of para-hydroxylation sites is 1. The molecule has 0 aromatic heterocycles. The fourth-order valence-corrected chi connectivity index (χ4v) is 2.18. The van der Waals surface area contributed by atoms with Crippen LogP contribution >= 0.6 is 0 Å². The Labute approximate surface area is 118 Å². The van der Waals surface area contributed by atoms with E-state index >= 15 is 0 Å². The minimum atomic E-state index is 0.568. The predicted octanol–water partition coefficient (Wildman–Crippen LogP) is 3.39. The first-order valence-electron chi connectivity index (χ1n) is 6.19. The quantitative estimate of drug-likeness (QED) is 0.837. The number of hydrogen-bond acceptors (Lipinski definition) is 4. The zero-order valence-corrected chi connectivity index (χ0v) is 12.1. The van der Waals surface area contributed by atoms with Crippen LogP contribution in [0.4, 0.5) is 0 Å². The van der Waals surface area contributed by atoms with Crippen LogP contribution in [0.5, 0.6) is 23.0 Å². The number of hydrogen-bond donors (Lipinski definition) is 0. The number of rotatable bonds is 5. The van der Waals surface area contributed by atoms with Crippen molar-refractivity contribution in [2.24, 2.45) is 0 Å². The molecule has 0 unspecified atom stereocenters. The molecule has 0 bridgehead atoms. The van der Waals surface area contributed by atoms with Gasteiger partial charge in [-0.1, -0.05) is 18.2 Å². The Morgan fingerprint density at radius 1 is 0.550 bits per heavy atom. The Hall–Kier alpha value is -2.36. The molecule has 0 saturated carbocycles. The lowest BCUT2D eigenvalue weighted by Gasteiger charge is -2.17. The van der Waals surface area contributed by atoms with Crippen LogP contribution in [0.25, 0.3) is 11.1 Å². The molecule has 0 radical (unpaired) electrons. The largest absolute Gasteiger partial charge is 0.496 e. The molecule has 0 heterocycles. The highest BCUT2D eigenvalue weighted by atomic mass is 16.5. The summed E-state index contributed by atoms with van der Waals surface area (Å²) in [5, 5.41) is 0. The van der Waals surface area contributed by atoms with Crippen molar-refractivity contribution in [1.82, 2.24) is 0 Å². The van der Waals surface area contributed by atoms with Crippen LogP contribution in [0, 0.1) is 0 Å². The van der Waals surface area contributed by atoms with Crippen molar-refractivity contribution in [2.45, 2.75) is 0 Å². The summed E-state index contributed by atoms with van der Waals surface area (Å²) >= 11 is 0. The topological polar surface area (TPSA) is 36.9 Å². The van der Waals surface area contributed by atoms with Crippen LogP contribution in [-0.2, 0) is 0 Å². The molecule has 20 heavy (non-hydrogen) atoms. The van der Waals surface area contributed by atoms with Gasteiger partial charge < -0.3 is 18.9 Å². The first kappa shape index (κ1) is 14.1. The molecule has 106 valence electrons. The Balaban J connectivity index is 2.68. The Morgan fingerprint density at radius 3 is 1.80 bits per heavy atom. The predicted molar refractivity (Wildman–Crippen MR) is 78.1 cm³/mol. The SMILES string of the molecule is COc1ccccc1-c1ccc(OC)c(OC)c1OC. The summed E-state index contributed by atoms with van der Waals surface area (Å²) in [5.74, 6) is 2.59. The maximum absolute atomic E-state index is 5.50. The van der Waals surface area contributed by atoms with Gasteiger partial charge in [-0.2, -0.15) is 0 Å². The molecule has 0 fully saturated rings. The fourth-order valence-electron chi connectivity index (χ4n) is 2.18. The van der Waals surface area contributed by atoms with E-state index in [0.29, 0.717) is 17.2 Å². The fraction of sp³-hybridized carbons (Fsp3) is 0.250. The third kappa shape index (κ3) is 2.37. The molecule has 0 aliphatic heterocycles. The van der Waals surface area contributed by atoms with Crippen molar-refractivity contribution in [3.8, 4) is 34.1 Å². The first-order valence-corrected chi connectivity index (χ1v) is 6.19. The van der Waals surface area contributed by atoms with Gasteiger partial charge in [-0.15, -0.1) is 0 Å². The molecule has 2 rings (SSSR count). The highest BCUT2D eigenvalue weighted by Gasteiger charge is 2.18. The molecule has 0 amide bonds. The minimum absolute atomic E-state index is 0.568. The highest BCUT2D eigenvalue weighted by molar-refractivity contribution is 5.80. The summed E-state index contributed by atoms with van der Waals surface area (Å²) in [6.07, 6.45) is 0. The van der Waals surface area contributed by atoms with Crippen molar-refractivity contribution < 1.29 is 18.9 Å². The van der Waals surface area contributed by atoms with Gasteiger partial charge in [-0.25, -0.2) is 0 Å². The summed E-state index contributed by atoms with van der Waals surface area (Å²) in [7, 11) is 6.44. The monoisotopic (exact) mass is 274 g/mol. The summed E-state index contributed by atoms with van der Waals surface area (Å²) in [5.41, 5.74) is 1.83. The third-order valence-corrected chi connectivity index (χ3v) is 3.10. The summed E-state index contributed by atoms with van der Waals surface area (Å²) in [4.78, 5) is 0. The normalized spacial score (nSPS) is 10.0. The van der Waals surface area contributed by atoms with Crippen LogP contribution in [0.15, 0.2) is 36.4 Å². The smallest absolute Gasteiger partial charge is 0.203 e. The van der Waals surface area contributed by atoms with Crippen LogP contribution < -0.4 is 18.9 Å². The van der Waals surface area contributed by atoms with Crippen molar-refractivity contribution in [3.63, 3.8) is 0 Å². The molecular formula is C16H18O4. The van der Waals surface area contributed by atoms with Gasteiger partial charge in [0.2, 0.25) is 5.75 Å². The van der Waals surface area contributed by atoms with E-state index in [1.807, 2.05) is 36.4 Å². The average molecular weight is 274 g/mol. The van der Waals surface area contributed by atoms with E-state index in [9.17, 15) is 0 Å². The molecule has 0 N–H and O–H groups in total. The van der Waals surface area contributed by atoms with E-state index in [2.05, 4.69) is 0 Å². The van der Waals surface area contributed by atoms with Crippen molar-refractivity contribution in [1.29, 1.82) is 0 Å². The van der Waals surface area contributed by atoms with Gasteiger partial charge in [0.05, 0.1) is 28.4 Å². The van der Waals surface area contributed by atoms with E-state index in [1.165, 1.54) is 0 Å². The first-order chi connectivity index (χ1) is 9.76. The van der Waals surface area contributed by atoms with E-state index in [-0.39, 0.29) is 0 Å². The molecule has 4 nitrogen and oxygen atoms in total. The third-order valence-electron chi connectivity index (χ3n) is 3.10. The Bertz CT molecular complexity index is 593. The van der Waals surface area contributed by atoms with Crippen LogP contribution in [0.2, 0.25) is 0 Å². The van der Waals surface area contributed by atoms with E-state index in [4.69, 9.17) is 18.9 Å². The summed E-state index contributed by atoms with van der Waals surface area (Å²) < 4.78 is 21.6. The van der Waals surface area contributed by atoms with E-state index < -0.39 is 0 Å². The Morgan fingerprint density at radius 2 is 1.20 bits per heavy atom. The standard InChI is InChI=1S/C16H18O4/c1-17-13-8-6-5-7-11(13)12-9-10-14(18-2)16(20-4)15(12)19-3/h5-10H,1-4H3. The molecule has 4 heteroatoms. The lowest BCUT2D eigenvalue weighted by Crippen LogP contribution is -1.97. The van der Waals surface area contributed by atoms with Gasteiger partial charge in [-0.3, -0.25) is 0 Å². The van der Waals surface area contributed by atoms with Crippen molar-refractivity contribution in [2.75, 3.05) is 28.4 Å². The second kappa shape index (κ2) is 6.19. The maximum Gasteiger partial charge on any atom is 0.203 e. The van der Waals surface area contributed by atoms with E-state index in [1.54, 1.807) is 28.4 Å². The molecule has 0 spiro atoms. The number of ether oxygens (including phenoxy) is 4. The molecule has 0 saturated heterocycles. The number of benzene rings is 2. The summed E-state index contributed by atoms with van der Waals surface area (Å²) in [6.45, 7) is 0. The average Bonchev–Trinajstić information content (AvgIpc) is 2.53. The van der Waals surface area contributed by atoms with Crippen molar-refractivity contribution >= 4 is 0 Å². The summed E-state index contributed by atoms with van der Waals surface area (Å²) in [6, 6.07) is 11.5. The lowest BCUT2D eigenvalue weighted by molar-refractivity contribution is 0.325.